The Morgan fingerprint density at radius 2 is 1.68 bits per heavy atom. The molecule has 1 rings (SSSR count). The summed E-state index contributed by atoms with van der Waals surface area (Å²) in [5.41, 5.74) is 5.94. The van der Waals surface area contributed by atoms with Crippen LogP contribution in [0.2, 0.25) is 0 Å². The zero-order valence-electron chi connectivity index (χ0n) is 13.2. The highest BCUT2D eigenvalue weighted by molar-refractivity contribution is 5.79. The minimum absolute atomic E-state index is 0.221. The van der Waals surface area contributed by atoms with Gasteiger partial charge < -0.3 is 10.6 Å². The number of nitrogens with zero attached hydrogens (tertiary/aromatic N) is 1. The first-order valence-electron chi connectivity index (χ1n) is 8.05. The maximum Gasteiger partial charge on any atom is 0.225 e. The fraction of sp³-hybridized carbons (Fsp3) is 0.938. The predicted octanol–water partition coefficient (Wildman–Crippen LogP) is 3.18. The molecule has 2 N–H and O–H groups in total. The summed E-state index contributed by atoms with van der Waals surface area (Å²) in [5, 5.41) is 0. The molecular weight excluding hydrogens is 236 g/mol. The standard InChI is InChI=1S/C16H32N2O/c1-5-15(6-2)18(11-12(3)4)16(19)13-7-9-14(17)10-8-13/h12-15H,5-11,17H2,1-4H3. The second kappa shape index (κ2) is 7.88. The Morgan fingerprint density at radius 1 is 1.16 bits per heavy atom. The first-order valence-corrected chi connectivity index (χ1v) is 8.05. The van der Waals surface area contributed by atoms with Gasteiger partial charge in [0.2, 0.25) is 5.91 Å². The summed E-state index contributed by atoms with van der Waals surface area (Å²) in [5.74, 6) is 1.14. The lowest BCUT2D eigenvalue weighted by Crippen LogP contribution is -2.46. The largest absolute Gasteiger partial charge is 0.339 e. The Morgan fingerprint density at radius 3 is 2.11 bits per heavy atom. The fourth-order valence-electron chi connectivity index (χ4n) is 3.14. The maximum absolute atomic E-state index is 12.8. The molecule has 1 aliphatic carbocycles. The SMILES string of the molecule is CCC(CC)N(CC(C)C)C(=O)C1CCC(N)CC1. The molecule has 1 saturated carbocycles. The normalized spacial score (nSPS) is 23.9. The summed E-state index contributed by atoms with van der Waals surface area (Å²) in [6, 6.07) is 0.723. The average Bonchev–Trinajstić information content (AvgIpc) is 2.38. The molecule has 0 radical (unpaired) electrons. The topological polar surface area (TPSA) is 46.3 Å². The second-order valence-corrected chi connectivity index (χ2v) is 6.47. The van der Waals surface area contributed by atoms with Crippen molar-refractivity contribution in [1.82, 2.24) is 4.90 Å². The number of rotatable bonds is 6. The quantitative estimate of drug-likeness (QED) is 0.804. The highest BCUT2D eigenvalue weighted by Gasteiger charge is 2.31. The molecule has 1 aliphatic rings. The molecule has 1 fully saturated rings. The van der Waals surface area contributed by atoms with Gasteiger partial charge in [0.15, 0.2) is 0 Å². The second-order valence-electron chi connectivity index (χ2n) is 6.47. The van der Waals surface area contributed by atoms with Gasteiger partial charge in [-0.05, 0) is 44.4 Å². The lowest BCUT2D eigenvalue weighted by atomic mass is 9.85. The summed E-state index contributed by atoms with van der Waals surface area (Å²) < 4.78 is 0. The van der Waals surface area contributed by atoms with Gasteiger partial charge in [-0.15, -0.1) is 0 Å². The van der Waals surface area contributed by atoms with E-state index in [1.807, 2.05) is 0 Å². The molecule has 0 spiro atoms. The van der Waals surface area contributed by atoms with E-state index in [-0.39, 0.29) is 5.92 Å². The molecule has 1 amide bonds. The van der Waals surface area contributed by atoms with E-state index in [1.165, 1.54) is 0 Å². The third-order valence-electron chi connectivity index (χ3n) is 4.35. The monoisotopic (exact) mass is 268 g/mol. The first kappa shape index (κ1) is 16.5. The van der Waals surface area contributed by atoms with Crippen LogP contribution in [0.5, 0.6) is 0 Å². The average molecular weight is 268 g/mol. The van der Waals surface area contributed by atoms with Crippen molar-refractivity contribution in [2.75, 3.05) is 6.54 Å². The minimum Gasteiger partial charge on any atom is -0.339 e. The minimum atomic E-state index is 0.221. The third kappa shape index (κ3) is 4.79. The molecule has 19 heavy (non-hydrogen) atoms. The lowest BCUT2D eigenvalue weighted by molar-refractivity contribution is -0.139. The van der Waals surface area contributed by atoms with Gasteiger partial charge in [-0.3, -0.25) is 4.79 Å². The van der Waals surface area contributed by atoms with Crippen molar-refractivity contribution in [3.05, 3.63) is 0 Å². The summed E-state index contributed by atoms with van der Waals surface area (Å²) in [7, 11) is 0. The van der Waals surface area contributed by atoms with E-state index in [2.05, 4.69) is 32.6 Å². The predicted molar refractivity (Wildman–Crippen MR) is 80.9 cm³/mol. The van der Waals surface area contributed by atoms with E-state index in [1.54, 1.807) is 0 Å². The molecule has 0 aliphatic heterocycles. The van der Waals surface area contributed by atoms with Crippen molar-refractivity contribution in [2.24, 2.45) is 17.6 Å². The van der Waals surface area contributed by atoms with Crippen molar-refractivity contribution < 1.29 is 4.79 Å². The Hall–Kier alpha value is -0.570. The van der Waals surface area contributed by atoms with Crippen LogP contribution in [0, 0.1) is 11.8 Å². The van der Waals surface area contributed by atoms with Crippen molar-refractivity contribution in [3.63, 3.8) is 0 Å². The van der Waals surface area contributed by atoms with E-state index in [0.29, 0.717) is 23.9 Å². The van der Waals surface area contributed by atoms with E-state index < -0.39 is 0 Å². The van der Waals surface area contributed by atoms with Crippen molar-refractivity contribution >= 4 is 5.91 Å². The van der Waals surface area contributed by atoms with Crippen LogP contribution in [-0.2, 0) is 4.79 Å². The van der Waals surface area contributed by atoms with Crippen LogP contribution in [0.25, 0.3) is 0 Å². The number of nitrogens with two attached hydrogens (primary N) is 1. The molecule has 0 aromatic heterocycles. The number of hydrogen-bond acceptors (Lipinski definition) is 2. The van der Waals surface area contributed by atoms with Gasteiger partial charge >= 0.3 is 0 Å². The first-order chi connectivity index (χ1) is 8.99. The van der Waals surface area contributed by atoms with E-state index in [4.69, 9.17) is 5.73 Å². The van der Waals surface area contributed by atoms with Gasteiger partial charge in [0.05, 0.1) is 0 Å². The Bertz CT molecular complexity index is 266. The Kier molecular flexibility index (Phi) is 6.84. The van der Waals surface area contributed by atoms with E-state index >= 15 is 0 Å². The van der Waals surface area contributed by atoms with Gasteiger partial charge in [-0.2, -0.15) is 0 Å². The van der Waals surface area contributed by atoms with Crippen LogP contribution in [-0.4, -0.2) is 29.4 Å². The van der Waals surface area contributed by atoms with Crippen LogP contribution in [0.15, 0.2) is 0 Å². The summed E-state index contributed by atoms with van der Waals surface area (Å²) in [6.07, 6.45) is 6.09. The number of carbonyl (C=O) groups is 1. The van der Waals surface area contributed by atoms with Crippen LogP contribution in [0.4, 0.5) is 0 Å². The molecule has 0 saturated heterocycles. The molecule has 3 nitrogen and oxygen atoms in total. The van der Waals surface area contributed by atoms with Crippen LogP contribution >= 0.6 is 0 Å². The van der Waals surface area contributed by atoms with Gasteiger partial charge in [0.1, 0.15) is 0 Å². The zero-order chi connectivity index (χ0) is 14.4. The maximum atomic E-state index is 12.8. The highest BCUT2D eigenvalue weighted by atomic mass is 16.2. The number of amides is 1. The molecule has 0 heterocycles. The molecule has 0 bridgehead atoms. The van der Waals surface area contributed by atoms with E-state index in [9.17, 15) is 4.79 Å². The van der Waals surface area contributed by atoms with Gasteiger partial charge in [-0.1, -0.05) is 27.7 Å². The van der Waals surface area contributed by atoms with Crippen LogP contribution in [0.3, 0.4) is 0 Å². The highest BCUT2D eigenvalue weighted by Crippen LogP contribution is 2.27. The molecule has 112 valence electrons. The lowest BCUT2D eigenvalue weighted by Gasteiger charge is -2.36. The fourth-order valence-corrected chi connectivity index (χ4v) is 3.14. The van der Waals surface area contributed by atoms with Gasteiger partial charge in [0.25, 0.3) is 0 Å². The van der Waals surface area contributed by atoms with Crippen LogP contribution in [0.1, 0.15) is 66.2 Å². The molecule has 3 heteroatoms. The van der Waals surface area contributed by atoms with Gasteiger partial charge in [-0.25, -0.2) is 0 Å². The number of hydrogen-bond donors (Lipinski definition) is 1. The van der Waals surface area contributed by atoms with Crippen LogP contribution < -0.4 is 5.73 Å². The molecule has 0 aromatic carbocycles. The molecular formula is C16H32N2O. The summed E-state index contributed by atoms with van der Waals surface area (Å²) in [4.78, 5) is 14.9. The molecule has 0 unspecified atom stereocenters. The Labute approximate surface area is 118 Å². The van der Waals surface area contributed by atoms with Crippen molar-refractivity contribution in [2.45, 2.75) is 78.3 Å². The summed E-state index contributed by atoms with van der Waals surface area (Å²) in [6.45, 7) is 9.66. The summed E-state index contributed by atoms with van der Waals surface area (Å²) >= 11 is 0. The third-order valence-corrected chi connectivity index (χ3v) is 4.35. The molecule has 0 atom stereocenters. The Balaban J connectivity index is 2.70. The number of carbonyl (C=O) groups excluding carboxylic acids is 1. The molecule has 0 aromatic rings. The van der Waals surface area contributed by atoms with E-state index in [0.717, 1.165) is 45.1 Å². The van der Waals surface area contributed by atoms with Crippen molar-refractivity contribution in [1.29, 1.82) is 0 Å². The smallest absolute Gasteiger partial charge is 0.225 e. The zero-order valence-corrected chi connectivity index (χ0v) is 13.2. The van der Waals surface area contributed by atoms with Crippen molar-refractivity contribution in [3.8, 4) is 0 Å². The van der Waals surface area contributed by atoms with Gasteiger partial charge in [0, 0.05) is 24.5 Å².